The van der Waals surface area contributed by atoms with Gasteiger partial charge in [-0.3, -0.25) is 14.7 Å². The Balaban J connectivity index is 1.52. The van der Waals surface area contributed by atoms with Gasteiger partial charge in [0.2, 0.25) is 11.7 Å². The van der Waals surface area contributed by atoms with Crippen molar-refractivity contribution >= 4 is 11.8 Å². The molecule has 2 aliphatic rings. The Hall–Kier alpha value is -1.96. The number of piperidine rings is 1. The van der Waals surface area contributed by atoms with Crippen LogP contribution in [0.4, 0.5) is 0 Å². The second kappa shape index (κ2) is 7.29. The fraction of sp³-hybridized carbons (Fsp3) is 0.750. The molecule has 1 aromatic heterocycles. The number of aromatic nitrogens is 3. The van der Waals surface area contributed by atoms with E-state index in [0.717, 1.165) is 25.9 Å². The monoisotopic (exact) mass is 334 g/mol. The van der Waals surface area contributed by atoms with Crippen LogP contribution in [0.1, 0.15) is 37.3 Å². The lowest BCUT2D eigenvalue weighted by Gasteiger charge is -2.39. The van der Waals surface area contributed by atoms with Gasteiger partial charge in [-0.25, -0.2) is 4.98 Å². The summed E-state index contributed by atoms with van der Waals surface area (Å²) in [4.78, 5) is 35.0. The molecule has 2 fully saturated rings. The van der Waals surface area contributed by atoms with E-state index in [-0.39, 0.29) is 23.6 Å². The predicted octanol–water partition coefficient (Wildman–Crippen LogP) is 0.210. The molecule has 0 spiro atoms. The van der Waals surface area contributed by atoms with Gasteiger partial charge in [0.25, 0.3) is 5.91 Å². The number of hydrogen-bond donors (Lipinski definition) is 1. The Morgan fingerprint density at radius 2 is 1.88 bits per heavy atom. The summed E-state index contributed by atoms with van der Waals surface area (Å²) in [6, 6.07) is 0.483. The highest BCUT2D eigenvalue weighted by Crippen LogP contribution is 2.21. The average molecular weight is 334 g/mol. The summed E-state index contributed by atoms with van der Waals surface area (Å²) in [5.74, 6) is 0.447. The SMILES string of the molecule is CC(C)N1CCCC(C(=O)N2CCN(C(=O)c3ncn[nH]3)CC2)C1. The summed E-state index contributed by atoms with van der Waals surface area (Å²) in [5.41, 5.74) is 0. The first-order chi connectivity index (χ1) is 11.6. The van der Waals surface area contributed by atoms with Crippen LogP contribution in [-0.4, -0.2) is 87.0 Å². The maximum absolute atomic E-state index is 12.8. The molecule has 3 heterocycles. The molecule has 8 nitrogen and oxygen atoms in total. The van der Waals surface area contributed by atoms with Gasteiger partial charge in [-0.1, -0.05) is 0 Å². The number of nitrogens with one attached hydrogen (secondary N) is 1. The van der Waals surface area contributed by atoms with Gasteiger partial charge in [0.15, 0.2) is 0 Å². The van der Waals surface area contributed by atoms with E-state index in [1.807, 2.05) is 4.90 Å². The second-order valence-corrected chi connectivity index (χ2v) is 6.88. The van der Waals surface area contributed by atoms with Gasteiger partial charge < -0.3 is 14.7 Å². The molecule has 132 valence electrons. The highest BCUT2D eigenvalue weighted by atomic mass is 16.2. The largest absolute Gasteiger partial charge is 0.339 e. The van der Waals surface area contributed by atoms with Gasteiger partial charge >= 0.3 is 0 Å². The second-order valence-electron chi connectivity index (χ2n) is 6.88. The Morgan fingerprint density at radius 3 is 2.50 bits per heavy atom. The molecule has 0 radical (unpaired) electrons. The van der Waals surface area contributed by atoms with E-state index in [9.17, 15) is 9.59 Å². The van der Waals surface area contributed by atoms with Crippen LogP contribution in [0.25, 0.3) is 0 Å². The smallest absolute Gasteiger partial charge is 0.291 e. The van der Waals surface area contributed by atoms with Gasteiger partial charge in [0.05, 0.1) is 5.92 Å². The summed E-state index contributed by atoms with van der Waals surface area (Å²) in [6.07, 6.45) is 3.38. The fourth-order valence-corrected chi connectivity index (χ4v) is 3.52. The minimum atomic E-state index is -0.150. The lowest BCUT2D eigenvalue weighted by atomic mass is 9.95. The van der Waals surface area contributed by atoms with Crippen LogP contribution in [0.3, 0.4) is 0 Å². The number of likely N-dealkylation sites (tertiary alicyclic amines) is 1. The number of H-pyrrole nitrogens is 1. The molecule has 1 N–H and O–H groups in total. The normalized spacial score (nSPS) is 22.9. The molecular formula is C16H26N6O2. The zero-order valence-electron chi connectivity index (χ0n) is 14.4. The van der Waals surface area contributed by atoms with Crippen molar-refractivity contribution in [3.63, 3.8) is 0 Å². The van der Waals surface area contributed by atoms with Crippen molar-refractivity contribution in [3.05, 3.63) is 12.2 Å². The van der Waals surface area contributed by atoms with Crippen molar-refractivity contribution in [2.45, 2.75) is 32.7 Å². The standard InChI is InChI=1S/C16H26N6O2/c1-12(2)22-5-3-4-13(10-22)15(23)20-6-8-21(9-7-20)16(24)14-17-11-18-19-14/h11-13H,3-10H2,1-2H3,(H,17,18,19). The number of rotatable bonds is 3. The van der Waals surface area contributed by atoms with E-state index in [0.29, 0.717) is 32.2 Å². The lowest BCUT2D eigenvalue weighted by Crippen LogP contribution is -2.54. The number of carbonyl (C=O) groups is 2. The first-order valence-electron chi connectivity index (χ1n) is 8.73. The van der Waals surface area contributed by atoms with Crippen molar-refractivity contribution in [2.24, 2.45) is 5.92 Å². The van der Waals surface area contributed by atoms with Gasteiger partial charge in [0.1, 0.15) is 6.33 Å². The van der Waals surface area contributed by atoms with Gasteiger partial charge in [-0.05, 0) is 33.2 Å². The molecule has 1 unspecified atom stereocenters. The highest BCUT2D eigenvalue weighted by molar-refractivity contribution is 5.90. The third kappa shape index (κ3) is 3.58. The summed E-state index contributed by atoms with van der Waals surface area (Å²) < 4.78 is 0. The molecule has 0 saturated carbocycles. The summed E-state index contributed by atoms with van der Waals surface area (Å²) in [7, 11) is 0. The van der Waals surface area contributed by atoms with E-state index in [4.69, 9.17) is 0 Å². The fourth-order valence-electron chi connectivity index (χ4n) is 3.52. The topological polar surface area (TPSA) is 85.4 Å². The van der Waals surface area contributed by atoms with Gasteiger partial charge in [-0.2, -0.15) is 5.10 Å². The van der Waals surface area contributed by atoms with Crippen LogP contribution in [0.2, 0.25) is 0 Å². The number of aromatic amines is 1. The molecule has 0 bridgehead atoms. The zero-order valence-corrected chi connectivity index (χ0v) is 14.4. The quantitative estimate of drug-likeness (QED) is 0.854. The highest BCUT2D eigenvalue weighted by Gasteiger charge is 2.32. The number of piperazine rings is 1. The molecule has 3 rings (SSSR count). The van der Waals surface area contributed by atoms with Crippen molar-refractivity contribution in [2.75, 3.05) is 39.3 Å². The molecule has 1 aromatic rings. The van der Waals surface area contributed by atoms with Crippen molar-refractivity contribution in [1.29, 1.82) is 0 Å². The molecule has 1 atom stereocenters. The summed E-state index contributed by atoms with van der Waals surface area (Å²) >= 11 is 0. The minimum Gasteiger partial charge on any atom is -0.339 e. The number of hydrogen-bond acceptors (Lipinski definition) is 5. The Labute approximate surface area is 142 Å². The van der Waals surface area contributed by atoms with Crippen LogP contribution in [0.5, 0.6) is 0 Å². The molecule has 24 heavy (non-hydrogen) atoms. The number of amides is 2. The van der Waals surface area contributed by atoms with E-state index in [2.05, 4.69) is 33.9 Å². The molecule has 2 amide bonds. The number of nitrogens with zero attached hydrogens (tertiary/aromatic N) is 5. The van der Waals surface area contributed by atoms with E-state index in [1.54, 1.807) is 4.90 Å². The first-order valence-corrected chi connectivity index (χ1v) is 8.73. The van der Waals surface area contributed by atoms with Crippen LogP contribution >= 0.6 is 0 Å². The van der Waals surface area contributed by atoms with Crippen LogP contribution in [-0.2, 0) is 4.79 Å². The van der Waals surface area contributed by atoms with Crippen LogP contribution < -0.4 is 0 Å². The summed E-state index contributed by atoms with van der Waals surface area (Å²) in [6.45, 7) is 8.58. The van der Waals surface area contributed by atoms with E-state index in [1.165, 1.54) is 6.33 Å². The molecule has 2 aliphatic heterocycles. The Bertz CT molecular complexity index is 565. The molecule has 8 heteroatoms. The zero-order chi connectivity index (χ0) is 17.1. The van der Waals surface area contributed by atoms with E-state index >= 15 is 0 Å². The average Bonchev–Trinajstić information content (AvgIpc) is 3.15. The third-order valence-corrected chi connectivity index (χ3v) is 5.03. The van der Waals surface area contributed by atoms with E-state index < -0.39 is 0 Å². The summed E-state index contributed by atoms with van der Waals surface area (Å²) in [5, 5.41) is 6.31. The third-order valence-electron chi connectivity index (χ3n) is 5.03. The molecular weight excluding hydrogens is 308 g/mol. The molecule has 2 saturated heterocycles. The number of carbonyl (C=O) groups excluding carboxylic acids is 2. The maximum Gasteiger partial charge on any atom is 0.291 e. The Morgan fingerprint density at radius 1 is 1.17 bits per heavy atom. The molecule has 0 aromatic carbocycles. The lowest BCUT2D eigenvalue weighted by molar-refractivity contribution is -0.139. The minimum absolute atomic E-state index is 0.0951. The van der Waals surface area contributed by atoms with Gasteiger partial charge in [0, 0.05) is 38.8 Å². The van der Waals surface area contributed by atoms with Gasteiger partial charge in [-0.15, -0.1) is 0 Å². The Kier molecular flexibility index (Phi) is 5.13. The molecule has 0 aliphatic carbocycles. The maximum atomic E-state index is 12.8. The van der Waals surface area contributed by atoms with Crippen molar-refractivity contribution in [1.82, 2.24) is 29.9 Å². The van der Waals surface area contributed by atoms with Crippen LogP contribution in [0.15, 0.2) is 6.33 Å². The first kappa shape index (κ1) is 16.9. The van der Waals surface area contributed by atoms with Crippen molar-refractivity contribution < 1.29 is 9.59 Å². The predicted molar refractivity (Wildman–Crippen MR) is 88.3 cm³/mol. The van der Waals surface area contributed by atoms with Crippen LogP contribution in [0, 0.1) is 5.92 Å². The van der Waals surface area contributed by atoms with Crippen molar-refractivity contribution in [3.8, 4) is 0 Å².